The number of hydrogen-bond acceptors (Lipinski definition) is 4. The van der Waals surface area contributed by atoms with Crippen LogP contribution in [0, 0.1) is 18.8 Å². The molecule has 7 heteroatoms. The molecule has 0 radical (unpaired) electrons. The Kier molecular flexibility index (Phi) is 3.74. The van der Waals surface area contributed by atoms with E-state index >= 15 is 0 Å². The van der Waals surface area contributed by atoms with Crippen LogP contribution in [0.15, 0.2) is 5.03 Å². The molecule has 18 heavy (non-hydrogen) atoms. The standard InChI is InChI=1S/C11H20N4O2S/c1-7-4-9(7)5-13-18(16,17)11-10(6-12-3)8(2)14-15-11/h7,9,12-13H,4-6H2,1-3H3,(H,14,15). The van der Waals surface area contributed by atoms with Crippen molar-refractivity contribution in [3.05, 3.63) is 11.3 Å². The van der Waals surface area contributed by atoms with E-state index in [4.69, 9.17) is 0 Å². The number of aromatic amines is 1. The van der Waals surface area contributed by atoms with Crippen LogP contribution in [0.25, 0.3) is 0 Å². The third-order valence-corrected chi connectivity index (χ3v) is 4.85. The van der Waals surface area contributed by atoms with Gasteiger partial charge in [-0.15, -0.1) is 0 Å². The molecule has 1 fully saturated rings. The van der Waals surface area contributed by atoms with Gasteiger partial charge in [0.05, 0.1) is 0 Å². The zero-order valence-electron chi connectivity index (χ0n) is 10.9. The molecule has 1 aromatic heterocycles. The van der Waals surface area contributed by atoms with E-state index in [0.29, 0.717) is 30.5 Å². The van der Waals surface area contributed by atoms with Crippen molar-refractivity contribution in [3.63, 3.8) is 0 Å². The molecule has 1 heterocycles. The summed E-state index contributed by atoms with van der Waals surface area (Å²) in [6, 6.07) is 0. The molecule has 0 aromatic carbocycles. The minimum atomic E-state index is -3.50. The van der Waals surface area contributed by atoms with E-state index < -0.39 is 10.0 Å². The maximum absolute atomic E-state index is 12.2. The smallest absolute Gasteiger partial charge is 0.260 e. The van der Waals surface area contributed by atoms with Crippen LogP contribution in [0.2, 0.25) is 0 Å². The van der Waals surface area contributed by atoms with Gasteiger partial charge in [-0.3, -0.25) is 5.10 Å². The Labute approximate surface area is 108 Å². The lowest BCUT2D eigenvalue weighted by molar-refractivity contribution is 0.568. The van der Waals surface area contributed by atoms with Gasteiger partial charge >= 0.3 is 0 Å². The summed E-state index contributed by atoms with van der Waals surface area (Å²) in [7, 11) is -1.72. The minimum absolute atomic E-state index is 0.114. The third-order valence-electron chi connectivity index (χ3n) is 3.46. The first-order valence-electron chi connectivity index (χ1n) is 6.13. The second-order valence-electron chi connectivity index (χ2n) is 4.99. The molecule has 2 atom stereocenters. The molecule has 0 bridgehead atoms. The van der Waals surface area contributed by atoms with Crippen molar-refractivity contribution >= 4 is 10.0 Å². The van der Waals surface area contributed by atoms with E-state index in [2.05, 4.69) is 27.2 Å². The van der Waals surface area contributed by atoms with Crippen molar-refractivity contribution in [2.45, 2.75) is 31.8 Å². The van der Waals surface area contributed by atoms with Crippen LogP contribution in [0.4, 0.5) is 0 Å². The average molecular weight is 272 g/mol. The largest absolute Gasteiger partial charge is 0.316 e. The molecule has 1 aliphatic rings. The molecule has 1 saturated carbocycles. The normalized spacial score (nSPS) is 23.3. The monoisotopic (exact) mass is 272 g/mol. The highest BCUT2D eigenvalue weighted by molar-refractivity contribution is 7.89. The van der Waals surface area contributed by atoms with Crippen molar-refractivity contribution < 1.29 is 8.42 Å². The van der Waals surface area contributed by atoms with Crippen LogP contribution in [0.5, 0.6) is 0 Å². The third kappa shape index (κ3) is 2.73. The van der Waals surface area contributed by atoms with Gasteiger partial charge < -0.3 is 5.32 Å². The number of H-pyrrole nitrogens is 1. The van der Waals surface area contributed by atoms with E-state index in [1.54, 1.807) is 7.05 Å². The molecule has 0 amide bonds. The Hall–Kier alpha value is -0.920. The van der Waals surface area contributed by atoms with Crippen molar-refractivity contribution in [3.8, 4) is 0 Å². The van der Waals surface area contributed by atoms with E-state index in [1.807, 2.05) is 6.92 Å². The van der Waals surface area contributed by atoms with Crippen LogP contribution in [0.1, 0.15) is 24.6 Å². The number of hydrogen-bond donors (Lipinski definition) is 3. The van der Waals surface area contributed by atoms with E-state index in [9.17, 15) is 8.42 Å². The quantitative estimate of drug-likeness (QED) is 0.698. The summed E-state index contributed by atoms with van der Waals surface area (Å²) in [4.78, 5) is 0. The van der Waals surface area contributed by atoms with Gasteiger partial charge in [-0.2, -0.15) is 5.10 Å². The van der Waals surface area contributed by atoms with Crippen LogP contribution >= 0.6 is 0 Å². The Morgan fingerprint density at radius 2 is 2.17 bits per heavy atom. The second kappa shape index (κ2) is 4.99. The van der Waals surface area contributed by atoms with E-state index in [0.717, 1.165) is 12.1 Å². The summed E-state index contributed by atoms with van der Waals surface area (Å²) in [6.07, 6.45) is 1.10. The topological polar surface area (TPSA) is 86.9 Å². The van der Waals surface area contributed by atoms with Crippen LogP contribution < -0.4 is 10.0 Å². The molecule has 0 saturated heterocycles. The number of sulfonamides is 1. The molecule has 2 unspecified atom stereocenters. The van der Waals surface area contributed by atoms with Crippen molar-refractivity contribution in [2.24, 2.45) is 11.8 Å². The lowest BCUT2D eigenvalue weighted by Gasteiger charge is -2.06. The number of rotatable bonds is 6. The van der Waals surface area contributed by atoms with E-state index in [-0.39, 0.29) is 5.03 Å². The minimum Gasteiger partial charge on any atom is -0.316 e. The molecular formula is C11H20N4O2S. The Morgan fingerprint density at radius 3 is 2.72 bits per heavy atom. The highest BCUT2D eigenvalue weighted by atomic mass is 32.2. The molecule has 6 nitrogen and oxygen atoms in total. The maximum Gasteiger partial charge on any atom is 0.260 e. The van der Waals surface area contributed by atoms with Crippen LogP contribution in [-0.2, 0) is 16.6 Å². The number of nitrogens with zero attached hydrogens (tertiary/aromatic N) is 1. The van der Waals surface area contributed by atoms with Gasteiger partial charge in [-0.25, -0.2) is 13.1 Å². The molecule has 0 spiro atoms. The molecule has 102 valence electrons. The summed E-state index contributed by atoms with van der Waals surface area (Å²) < 4.78 is 27.0. The fraction of sp³-hybridized carbons (Fsp3) is 0.727. The van der Waals surface area contributed by atoms with Crippen molar-refractivity contribution in [1.29, 1.82) is 0 Å². The predicted octanol–water partition coefficient (Wildman–Crippen LogP) is 0.372. The summed E-state index contributed by atoms with van der Waals surface area (Å²) in [5, 5.41) is 9.71. The predicted molar refractivity (Wildman–Crippen MR) is 68.5 cm³/mol. The van der Waals surface area contributed by atoms with Crippen LogP contribution in [-0.4, -0.2) is 32.2 Å². The van der Waals surface area contributed by atoms with Crippen molar-refractivity contribution in [1.82, 2.24) is 20.2 Å². The number of aromatic nitrogens is 2. The van der Waals surface area contributed by atoms with Gasteiger partial charge in [0.2, 0.25) is 0 Å². The Balaban J connectivity index is 2.13. The maximum atomic E-state index is 12.2. The van der Waals surface area contributed by atoms with Crippen LogP contribution in [0.3, 0.4) is 0 Å². The van der Waals surface area contributed by atoms with E-state index in [1.165, 1.54) is 0 Å². The lowest BCUT2D eigenvalue weighted by Crippen LogP contribution is -2.28. The molecule has 1 aromatic rings. The zero-order chi connectivity index (χ0) is 13.3. The summed E-state index contributed by atoms with van der Waals surface area (Å²) in [5.41, 5.74) is 1.48. The molecule has 2 rings (SSSR count). The van der Waals surface area contributed by atoms with Crippen molar-refractivity contribution in [2.75, 3.05) is 13.6 Å². The number of nitrogens with one attached hydrogen (secondary N) is 3. The second-order valence-corrected chi connectivity index (χ2v) is 6.67. The average Bonchev–Trinajstić information content (AvgIpc) is 2.89. The molecule has 0 aliphatic heterocycles. The first-order chi connectivity index (χ1) is 8.45. The zero-order valence-corrected chi connectivity index (χ0v) is 11.8. The number of aryl methyl sites for hydroxylation is 1. The summed E-state index contributed by atoms with van der Waals surface area (Å²) in [5.74, 6) is 1.11. The molecular weight excluding hydrogens is 252 g/mol. The molecule has 3 N–H and O–H groups in total. The highest BCUT2D eigenvalue weighted by Crippen LogP contribution is 2.37. The van der Waals surface area contributed by atoms with Gasteiger partial charge in [0, 0.05) is 24.3 Å². The Bertz CT molecular complexity index is 523. The van der Waals surface area contributed by atoms with Gasteiger partial charge in [0.15, 0.2) is 5.03 Å². The highest BCUT2D eigenvalue weighted by Gasteiger charge is 2.34. The first-order valence-corrected chi connectivity index (χ1v) is 7.62. The Morgan fingerprint density at radius 1 is 1.50 bits per heavy atom. The van der Waals surface area contributed by atoms with Gasteiger partial charge in [-0.1, -0.05) is 6.92 Å². The first kappa shape index (κ1) is 13.5. The van der Waals surface area contributed by atoms with Gasteiger partial charge in [-0.05, 0) is 32.2 Å². The van der Waals surface area contributed by atoms with Gasteiger partial charge in [0.25, 0.3) is 10.0 Å². The fourth-order valence-corrected chi connectivity index (χ4v) is 3.29. The summed E-state index contributed by atoms with van der Waals surface area (Å²) >= 11 is 0. The fourth-order valence-electron chi connectivity index (χ4n) is 2.01. The lowest BCUT2D eigenvalue weighted by atomic mass is 10.3. The molecule has 1 aliphatic carbocycles. The SMILES string of the molecule is CNCc1c(S(=O)(=O)NCC2CC2C)n[nH]c1C. The van der Waals surface area contributed by atoms with Gasteiger partial charge in [0.1, 0.15) is 0 Å². The summed E-state index contributed by atoms with van der Waals surface area (Å²) in [6.45, 7) is 4.94.